The van der Waals surface area contributed by atoms with Crippen LogP contribution in [0.4, 0.5) is 0 Å². The first-order valence-electron chi connectivity index (χ1n) is 6.73. The van der Waals surface area contributed by atoms with Crippen molar-refractivity contribution in [2.45, 2.75) is 0 Å². The van der Waals surface area contributed by atoms with Gasteiger partial charge in [-0.1, -0.05) is 12.1 Å². The summed E-state index contributed by atoms with van der Waals surface area (Å²) in [6.07, 6.45) is 0. The summed E-state index contributed by atoms with van der Waals surface area (Å²) in [4.78, 5) is 24.3. The van der Waals surface area contributed by atoms with Crippen LogP contribution in [0.25, 0.3) is 0 Å². The number of halogens is 1. The molecule has 6 heteroatoms. The Morgan fingerprint density at radius 2 is 1.74 bits per heavy atom. The predicted molar refractivity (Wildman–Crippen MR) is 88.3 cm³/mol. The first-order valence-corrected chi connectivity index (χ1v) is 7.53. The van der Waals surface area contributed by atoms with Crippen LogP contribution >= 0.6 is 15.9 Å². The predicted octanol–water partition coefficient (Wildman–Crippen LogP) is 3.51. The van der Waals surface area contributed by atoms with E-state index in [2.05, 4.69) is 15.9 Å². The van der Waals surface area contributed by atoms with Gasteiger partial charge in [0.2, 0.25) is 5.78 Å². The maximum Gasteiger partial charge on any atom is 0.339 e. The number of ketones is 1. The summed E-state index contributed by atoms with van der Waals surface area (Å²) in [7, 11) is 2.97. The van der Waals surface area contributed by atoms with E-state index in [0.717, 1.165) is 0 Å². The van der Waals surface area contributed by atoms with Gasteiger partial charge >= 0.3 is 5.97 Å². The van der Waals surface area contributed by atoms with Crippen LogP contribution in [0.1, 0.15) is 20.7 Å². The zero-order chi connectivity index (χ0) is 16.8. The number of carbonyl (C=O) groups is 2. The van der Waals surface area contributed by atoms with Crippen molar-refractivity contribution >= 4 is 27.7 Å². The quantitative estimate of drug-likeness (QED) is 0.568. The summed E-state index contributed by atoms with van der Waals surface area (Å²) in [5, 5.41) is 0. The number of rotatable bonds is 6. The lowest BCUT2D eigenvalue weighted by Gasteiger charge is -2.10. The molecule has 23 heavy (non-hydrogen) atoms. The van der Waals surface area contributed by atoms with Crippen molar-refractivity contribution < 1.29 is 23.8 Å². The molecule has 0 unspecified atom stereocenters. The summed E-state index contributed by atoms with van der Waals surface area (Å²) >= 11 is 3.27. The molecule has 0 aromatic heterocycles. The van der Waals surface area contributed by atoms with Crippen molar-refractivity contribution in [1.29, 1.82) is 0 Å². The van der Waals surface area contributed by atoms with Gasteiger partial charge in [0.15, 0.2) is 6.61 Å². The first kappa shape index (κ1) is 17.0. The van der Waals surface area contributed by atoms with E-state index in [9.17, 15) is 9.59 Å². The number of ether oxygens (including phenoxy) is 3. The molecular formula is C17H15BrO5. The molecule has 0 bridgehead atoms. The Balaban J connectivity index is 2.11. The highest BCUT2D eigenvalue weighted by atomic mass is 79.9. The minimum atomic E-state index is -0.576. The Kier molecular flexibility index (Phi) is 5.76. The first-order chi connectivity index (χ1) is 11.1. The highest BCUT2D eigenvalue weighted by molar-refractivity contribution is 9.10. The number of hydrogen-bond acceptors (Lipinski definition) is 5. The fourth-order valence-corrected chi connectivity index (χ4v) is 2.39. The molecule has 0 saturated heterocycles. The molecule has 0 aliphatic heterocycles. The van der Waals surface area contributed by atoms with Crippen LogP contribution in [0.3, 0.4) is 0 Å². The molecule has 120 valence electrons. The van der Waals surface area contributed by atoms with Crippen molar-refractivity contribution in [1.82, 2.24) is 0 Å². The molecule has 5 nitrogen and oxygen atoms in total. The summed E-state index contributed by atoms with van der Waals surface area (Å²) in [5.74, 6) is -0.0344. The number of carbonyl (C=O) groups excluding carboxylic acids is 2. The summed E-state index contributed by atoms with van der Waals surface area (Å²) in [6.45, 7) is -0.385. The van der Waals surface area contributed by atoms with Crippen molar-refractivity contribution in [3.8, 4) is 11.5 Å². The average molecular weight is 379 g/mol. The second-order valence-corrected chi connectivity index (χ2v) is 5.40. The summed E-state index contributed by atoms with van der Waals surface area (Å²) in [5.41, 5.74) is 0.657. The molecule has 2 aromatic rings. The minimum Gasteiger partial charge on any atom is -0.497 e. The molecule has 0 fully saturated rings. The van der Waals surface area contributed by atoms with E-state index in [4.69, 9.17) is 14.2 Å². The Bertz CT molecular complexity index is 727. The van der Waals surface area contributed by atoms with Crippen LogP contribution < -0.4 is 9.47 Å². The molecule has 0 atom stereocenters. The van der Waals surface area contributed by atoms with Gasteiger partial charge in [0, 0.05) is 4.47 Å². The van der Waals surface area contributed by atoms with Crippen LogP contribution in [0.15, 0.2) is 46.9 Å². The molecule has 0 aliphatic rings. The molecule has 0 aliphatic carbocycles. The molecule has 0 saturated carbocycles. The number of hydrogen-bond donors (Lipinski definition) is 0. The van der Waals surface area contributed by atoms with Crippen molar-refractivity contribution in [2.75, 3.05) is 20.8 Å². The molecule has 0 radical (unpaired) electrons. The van der Waals surface area contributed by atoms with E-state index in [1.54, 1.807) is 42.5 Å². The Morgan fingerprint density at radius 1 is 1.00 bits per heavy atom. The van der Waals surface area contributed by atoms with Gasteiger partial charge in [-0.25, -0.2) is 4.79 Å². The van der Waals surface area contributed by atoms with E-state index < -0.39 is 5.97 Å². The standard InChI is InChI=1S/C17H15BrO5/c1-21-11-7-8-16(22-2)13(9-11)15(19)10-23-17(20)12-5-3-4-6-14(12)18/h3-9H,10H2,1-2H3. The highest BCUT2D eigenvalue weighted by Crippen LogP contribution is 2.24. The molecule has 0 heterocycles. The largest absolute Gasteiger partial charge is 0.497 e. The Hall–Kier alpha value is -2.34. The van der Waals surface area contributed by atoms with Crippen LogP contribution in [0.2, 0.25) is 0 Å². The lowest BCUT2D eigenvalue weighted by atomic mass is 10.1. The lowest BCUT2D eigenvalue weighted by Crippen LogP contribution is -2.15. The smallest absolute Gasteiger partial charge is 0.339 e. The number of benzene rings is 2. The maximum atomic E-state index is 12.3. The molecule has 0 N–H and O–H groups in total. The maximum absolute atomic E-state index is 12.3. The third-order valence-corrected chi connectivity index (χ3v) is 3.83. The zero-order valence-corrected chi connectivity index (χ0v) is 14.3. The molecule has 0 spiro atoms. The van der Waals surface area contributed by atoms with Gasteiger partial charge in [-0.3, -0.25) is 4.79 Å². The van der Waals surface area contributed by atoms with Crippen LogP contribution in [0.5, 0.6) is 11.5 Å². The Morgan fingerprint density at radius 3 is 2.39 bits per heavy atom. The second-order valence-electron chi connectivity index (χ2n) is 4.55. The normalized spacial score (nSPS) is 10.0. The number of Topliss-reactive ketones (excluding diaryl/α,β-unsaturated/α-hetero) is 1. The lowest BCUT2D eigenvalue weighted by molar-refractivity contribution is 0.0473. The van der Waals surface area contributed by atoms with Crippen LogP contribution in [-0.2, 0) is 4.74 Å². The number of esters is 1. The zero-order valence-electron chi connectivity index (χ0n) is 12.7. The van der Waals surface area contributed by atoms with Gasteiger partial charge < -0.3 is 14.2 Å². The fourth-order valence-electron chi connectivity index (χ4n) is 1.95. The third kappa shape index (κ3) is 4.10. The third-order valence-electron chi connectivity index (χ3n) is 3.14. The monoisotopic (exact) mass is 378 g/mol. The molecule has 2 aromatic carbocycles. The van der Waals surface area contributed by atoms with Crippen molar-refractivity contribution in [2.24, 2.45) is 0 Å². The van der Waals surface area contributed by atoms with Gasteiger partial charge in [-0.15, -0.1) is 0 Å². The van der Waals surface area contributed by atoms with Gasteiger partial charge in [-0.2, -0.15) is 0 Å². The van der Waals surface area contributed by atoms with Gasteiger partial charge in [0.1, 0.15) is 11.5 Å². The molecular weight excluding hydrogens is 364 g/mol. The molecule has 2 rings (SSSR count). The van der Waals surface area contributed by atoms with Crippen molar-refractivity contribution in [3.05, 3.63) is 58.1 Å². The van der Waals surface area contributed by atoms with Crippen LogP contribution in [0, 0.1) is 0 Å². The van der Waals surface area contributed by atoms with Gasteiger partial charge in [-0.05, 0) is 46.3 Å². The highest BCUT2D eigenvalue weighted by Gasteiger charge is 2.17. The van der Waals surface area contributed by atoms with Crippen LogP contribution in [-0.4, -0.2) is 32.6 Å². The topological polar surface area (TPSA) is 61.8 Å². The van der Waals surface area contributed by atoms with Crippen molar-refractivity contribution in [3.63, 3.8) is 0 Å². The van der Waals surface area contributed by atoms with E-state index >= 15 is 0 Å². The van der Waals surface area contributed by atoms with E-state index in [-0.39, 0.29) is 12.4 Å². The Labute approximate surface area is 142 Å². The fraction of sp³-hybridized carbons (Fsp3) is 0.176. The van der Waals surface area contributed by atoms with Gasteiger partial charge in [0.25, 0.3) is 0 Å². The van der Waals surface area contributed by atoms with E-state index in [0.29, 0.717) is 27.1 Å². The van der Waals surface area contributed by atoms with Gasteiger partial charge in [0.05, 0.1) is 25.3 Å². The minimum absolute atomic E-state index is 0.298. The summed E-state index contributed by atoms with van der Waals surface area (Å²) in [6, 6.07) is 11.7. The molecule has 0 amide bonds. The SMILES string of the molecule is COc1ccc(OC)c(C(=O)COC(=O)c2ccccc2Br)c1. The average Bonchev–Trinajstić information content (AvgIpc) is 2.59. The van der Waals surface area contributed by atoms with E-state index in [1.165, 1.54) is 14.2 Å². The second kappa shape index (κ2) is 7.78. The summed E-state index contributed by atoms with van der Waals surface area (Å²) < 4.78 is 15.9. The number of methoxy groups -OCH3 is 2. The van der Waals surface area contributed by atoms with E-state index in [1.807, 2.05) is 0 Å².